The predicted octanol–water partition coefficient (Wildman–Crippen LogP) is 2.43. The first-order valence-corrected chi connectivity index (χ1v) is 8.34. The van der Waals surface area contributed by atoms with Crippen molar-refractivity contribution in [2.24, 2.45) is 0 Å². The molecule has 0 radical (unpaired) electrons. The van der Waals surface area contributed by atoms with Crippen molar-refractivity contribution in [3.05, 3.63) is 35.9 Å². The van der Waals surface area contributed by atoms with E-state index in [2.05, 4.69) is 5.32 Å². The molecule has 0 aromatic heterocycles. The molecule has 1 unspecified atom stereocenters. The zero-order chi connectivity index (χ0) is 15.3. The highest BCUT2D eigenvalue weighted by molar-refractivity contribution is 7.99. The molecule has 0 aliphatic carbocycles. The maximum atomic E-state index is 12.2. The van der Waals surface area contributed by atoms with Gasteiger partial charge in [0.1, 0.15) is 0 Å². The molecule has 21 heavy (non-hydrogen) atoms. The molecule has 1 aromatic rings. The van der Waals surface area contributed by atoms with Gasteiger partial charge >= 0.3 is 5.97 Å². The minimum atomic E-state index is -1.19. The second kappa shape index (κ2) is 6.98. The van der Waals surface area contributed by atoms with Gasteiger partial charge in [-0.2, -0.15) is 11.8 Å². The van der Waals surface area contributed by atoms with E-state index in [0.717, 1.165) is 24.3 Å². The topological polar surface area (TPSA) is 66.4 Å². The van der Waals surface area contributed by atoms with Crippen molar-refractivity contribution in [1.29, 1.82) is 0 Å². The van der Waals surface area contributed by atoms with Crippen molar-refractivity contribution in [2.75, 3.05) is 11.5 Å². The van der Waals surface area contributed by atoms with Gasteiger partial charge in [0, 0.05) is 12.5 Å². The summed E-state index contributed by atoms with van der Waals surface area (Å²) in [5.41, 5.74) is -0.527. The lowest BCUT2D eigenvalue weighted by molar-refractivity contribution is -0.145. The van der Waals surface area contributed by atoms with Gasteiger partial charge in [0.05, 0.1) is 5.41 Å². The number of thioether (sulfide) groups is 1. The van der Waals surface area contributed by atoms with Crippen molar-refractivity contribution >= 4 is 23.6 Å². The Balaban J connectivity index is 2.05. The molecule has 1 amide bonds. The number of amides is 1. The molecule has 2 rings (SSSR count). The highest BCUT2D eigenvalue weighted by Gasteiger charge is 2.37. The minimum Gasteiger partial charge on any atom is -0.481 e. The van der Waals surface area contributed by atoms with Crippen LogP contribution in [0.2, 0.25) is 0 Å². The lowest BCUT2D eigenvalue weighted by Crippen LogP contribution is -2.43. The third-order valence-electron chi connectivity index (χ3n) is 3.98. The molecule has 1 heterocycles. The van der Waals surface area contributed by atoms with Crippen LogP contribution in [0.3, 0.4) is 0 Å². The summed E-state index contributed by atoms with van der Waals surface area (Å²) in [6.45, 7) is 1.61. The average molecular weight is 307 g/mol. The van der Waals surface area contributed by atoms with E-state index in [4.69, 9.17) is 0 Å². The van der Waals surface area contributed by atoms with Crippen LogP contribution in [0.1, 0.15) is 31.7 Å². The summed E-state index contributed by atoms with van der Waals surface area (Å²) >= 11 is 1.90. The van der Waals surface area contributed by atoms with E-state index in [-0.39, 0.29) is 18.4 Å². The van der Waals surface area contributed by atoms with Gasteiger partial charge in [-0.3, -0.25) is 9.59 Å². The van der Waals surface area contributed by atoms with E-state index >= 15 is 0 Å². The number of nitrogens with one attached hydrogen (secondary N) is 1. The standard InChI is InChI=1S/C16H21NO3S/c1-16(15(19)20,12-5-3-2-4-6-12)11-14(18)17-13-7-9-21-10-8-13/h2-6,13H,7-11H2,1H3,(H,17,18)(H,19,20). The molecule has 114 valence electrons. The van der Waals surface area contributed by atoms with Crippen LogP contribution in [0, 0.1) is 0 Å². The smallest absolute Gasteiger partial charge is 0.314 e. The quantitative estimate of drug-likeness (QED) is 0.877. The number of carbonyl (C=O) groups excluding carboxylic acids is 1. The van der Waals surface area contributed by atoms with Crippen LogP contribution < -0.4 is 5.32 Å². The molecule has 0 saturated carbocycles. The van der Waals surface area contributed by atoms with E-state index in [1.165, 1.54) is 0 Å². The Morgan fingerprint density at radius 1 is 1.29 bits per heavy atom. The Kier molecular flexibility index (Phi) is 5.28. The highest BCUT2D eigenvalue weighted by Crippen LogP contribution is 2.28. The fourth-order valence-electron chi connectivity index (χ4n) is 2.55. The van der Waals surface area contributed by atoms with Crippen LogP contribution in [0.5, 0.6) is 0 Å². The van der Waals surface area contributed by atoms with Gasteiger partial charge < -0.3 is 10.4 Å². The first-order chi connectivity index (χ1) is 10.0. The molecule has 4 nitrogen and oxygen atoms in total. The number of carbonyl (C=O) groups is 2. The van der Waals surface area contributed by atoms with E-state index in [1.807, 2.05) is 17.8 Å². The van der Waals surface area contributed by atoms with Crippen LogP contribution in [0.15, 0.2) is 30.3 Å². The predicted molar refractivity (Wildman–Crippen MR) is 84.5 cm³/mol. The Bertz CT molecular complexity index is 500. The van der Waals surface area contributed by atoms with Gasteiger partial charge in [-0.15, -0.1) is 0 Å². The summed E-state index contributed by atoms with van der Waals surface area (Å²) in [5.74, 6) is 0.961. The van der Waals surface area contributed by atoms with Crippen molar-refractivity contribution in [2.45, 2.75) is 37.6 Å². The first kappa shape index (κ1) is 15.9. The zero-order valence-corrected chi connectivity index (χ0v) is 13.0. The van der Waals surface area contributed by atoms with Gasteiger partial charge in [0.15, 0.2) is 0 Å². The monoisotopic (exact) mass is 307 g/mol. The van der Waals surface area contributed by atoms with E-state index in [1.54, 1.807) is 31.2 Å². The van der Waals surface area contributed by atoms with Crippen LogP contribution in [0.4, 0.5) is 0 Å². The number of carboxylic acids is 1. The van der Waals surface area contributed by atoms with Crippen LogP contribution >= 0.6 is 11.8 Å². The number of rotatable bonds is 5. The van der Waals surface area contributed by atoms with Crippen LogP contribution in [-0.2, 0) is 15.0 Å². The molecule has 1 aromatic carbocycles. The average Bonchev–Trinajstić information content (AvgIpc) is 2.48. The van der Waals surface area contributed by atoms with E-state index in [9.17, 15) is 14.7 Å². The van der Waals surface area contributed by atoms with E-state index in [0.29, 0.717) is 5.56 Å². The molecule has 0 bridgehead atoms. The lowest BCUT2D eigenvalue weighted by atomic mass is 9.79. The molecule has 1 aliphatic rings. The largest absolute Gasteiger partial charge is 0.481 e. The summed E-state index contributed by atoms with van der Waals surface area (Å²) in [5, 5.41) is 12.5. The van der Waals surface area contributed by atoms with Crippen LogP contribution in [0.25, 0.3) is 0 Å². The number of hydrogen-bond donors (Lipinski definition) is 2. The summed E-state index contributed by atoms with van der Waals surface area (Å²) in [4.78, 5) is 23.9. The van der Waals surface area contributed by atoms with Gasteiger partial charge in [-0.25, -0.2) is 0 Å². The lowest BCUT2D eigenvalue weighted by Gasteiger charge is -2.27. The van der Waals surface area contributed by atoms with Gasteiger partial charge in [0.2, 0.25) is 5.91 Å². The van der Waals surface area contributed by atoms with Gasteiger partial charge in [-0.05, 0) is 36.8 Å². The molecule has 5 heteroatoms. The van der Waals surface area contributed by atoms with Crippen molar-refractivity contribution in [3.63, 3.8) is 0 Å². The highest BCUT2D eigenvalue weighted by atomic mass is 32.2. The molecular weight excluding hydrogens is 286 g/mol. The summed E-state index contributed by atoms with van der Waals surface area (Å²) in [6.07, 6.45) is 1.90. The molecule has 0 spiro atoms. The minimum absolute atomic E-state index is 0.0318. The number of carboxylic acid groups (broad SMARTS) is 1. The number of hydrogen-bond acceptors (Lipinski definition) is 3. The Hall–Kier alpha value is -1.49. The van der Waals surface area contributed by atoms with Crippen molar-refractivity contribution in [3.8, 4) is 0 Å². The Morgan fingerprint density at radius 2 is 1.90 bits per heavy atom. The third kappa shape index (κ3) is 4.00. The Morgan fingerprint density at radius 3 is 2.48 bits per heavy atom. The Labute approximate surface area is 129 Å². The van der Waals surface area contributed by atoms with Crippen LogP contribution in [-0.4, -0.2) is 34.5 Å². The zero-order valence-electron chi connectivity index (χ0n) is 12.2. The first-order valence-electron chi connectivity index (χ1n) is 7.18. The SMILES string of the molecule is CC(CC(=O)NC1CCSCC1)(C(=O)O)c1ccccc1. The second-order valence-corrected chi connectivity index (χ2v) is 6.86. The summed E-state index contributed by atoms with van der Waals surface area (Å²) in [6, 6.07) is 9.15. The second-order valence-electron chi connectivity index (χ2n) is 5.63. The maximum absolute atomic E-state index is 12.2. The van der Waals surface area contributed by atoms with E-state index < -0.39 is 11.4 Å². The van der Waals surface area contributed by atoms with Crippen molar-refractivity contribution < 1.29 is 14.7 Å². The number of benzene rings is 1. The van der Waals surface area contributed by atoms with Crippen molar-refractivity contribution in [1.82, 2.24) is 5.32 Å². The van der Waals surface area contributed by atoms with Gasteiger partial charge in [-0.1, -0.05) is 30.3 Å². The summed E-state index contributed by atoms with van der Waals surface area (Å²) in [7, 11) is 0. The summed E-state index contributed by atoms with van der Waals surface area (Å²) < 4.78 is 0. The molecule has 1 fully saturated rings. The van der Waals surface area contributed by atoms with Gasteiger partial charge in [0.25, 0.3) is 0 Å². The molecule has 2 N–H and O–H groups in total. The fraction of sp³-hybridized carbons (Fsp3) is 0.500. The molecule has 1 atom stereocenters. The maximum Gasteiger partial charge on any atom is 0.314 e. The number of aliphatic carboxylic acids is 1. The molecule has 1 aliphatic heterocycles. The fourth-order valence-corrected chi connectivity index (χ4v) is 3.66. The molecular formula is C16H21NO3S. The normalized spacial score (nSPS) is 18.7. The molecule has 1 saturated heterocycles. The third-order valence-corrected chi connectivity index (χ3v) is 5.03.